The number of ether oxygens (including phenoxy) is 1. The molecule has 12 heavy (non-hydrogen) atoms. The Balaban J connectivity index is 2.90. The van der Waals surface area contributed by atoms with Crippen molar-refractivity contribution >= 4 is 11.6 Å². The molecular formula is C10H20ClO. The van der Waals surface area contributed by atoms with Gasteiger partial charge in [-0.15, -0.1) is 11.6 Å². The van der Waals surface area contributed by atoms with Gasteiger partial charge in [-0.1, -0.05) is 33.1 Å². The smallest absolute Gasteiger partial charge is 0.0503 e. The number of halogens is 1. The Morgan fingerprint density at radius 3 is 2.67 bits per heavy atom. The maximum Gasteiger partial charge on any atom is 0.0503 e. The molecule has 0 heterocycles. The highest BCUT2D eigenvalue weighted by atomic mass is 35.5. The number of rotatable bonds is 8. The summed E-state index contributed by atoms with van der Waals surface area (Å²) in [6.07, 6.45) is 4.65. The van der Waals surface area contributed by atoms with Crippen molar-refractivity contribution in [1.29, 1.82) is 0 Å². The minimum absolute atomic E-state index is 0.486. The lowest BCUT2D eigenvalue weighted by Crippen LogP contribution is -2.07. The van der Waals surface area contributed by atoms with Gasteiger partial charge in [0.2, 0.25) is 0 Å². The van der Waals surface area contributed by atoms with Crippen LogP contribution in [-0.4, -0.2) is 19.1 Å². The van der Waals surface area contributed by atoms with Crippen molar-refractivity contribution in [1.82, 2.24) is 0 Å². The molecule has 1 nitrogen and oxygen atoms in total. The van der Waals surface area contributed by atoms with Crippen LogP contribution in [-0.2, 0) is 4.74 Å². The third-order valence-corrected chi connectivity index (χ3v) is 2.23. The molecule has 1 unspecified atom stereocenters. The van der Waals surface area contributed by atoms with Gasteiger partial charge in [-0.25, -0.2) is 0 Å². The molecule has 1 radical (unpaired) electrons. The summed E-state index contributed by atoms with van der Waals surface area (Å²) in [5.74, 6) is 1.18. The number of alkyl halides is 1. The average molecular weight is 192 g/mol. The van der Waals surface area contributed by atoms with E-state index in [9.17, 15) is 0 Å². The highest BCUT2D eigenvalue weighted by Gasteiger charge is 1.98. The van der Waals surface area contributed by atoms with Crippen LogP contribution in [0.4, 0.5) is 0 Å². The van der Waals surface area contributed by atoms with Gasteiger partial charge in [0.1, 0.15) is 0 Å². The highest BCUT2D eigenvalue weighted by Crippen LogP contribution is 2.01. The van der Waals surface area contributed by atoms with Crippen molar-refractivity contribution in [2.45, 2.75) is 32.6 Å². The zero-order chi connectivity index (χ0) is 9.23. The van der Waals surface area contributed by atoms with Gasteiger partial charge in [0.25, 0.3) is 0 Å². The van der Waals surface area contributed by atoms with Crippen LogP contribution >= 0.6 is 11.6 Å². The largest absolute Gasteiger partial charge is 0.381 e. The zero-order valence-corrected chi connectivity index (χ0v) is 8.78. The van der Waals surface area contributed by atoms with E-state index in [1.807, 2.05) is 0 Å². The third kappa shape index (κ3) is 8.35. The molecule has 0 aromatic heterocycles. The summed E-state index contributed by atoms with van der Waals surface area (Å²) in [5.41, 5.74) is 0. The van der Waals surface area contributed by atoms with E-state index in [-0.39, 0.29) is 0 Å². The summed E-state index contributed by atoms with van der Waals surface area (Å²) < 4.78 is 5.43. The van der Waals surface area contributed by atoms with Crippen LogP contribution in [0, 0.1) is 12.8 Å². The molecule has 0 fully saturated rings. The second kappa shape index (κ2) is 9.34. The standard InChI is InChI=1S/C10H20ClO/c1-3-4-5-6-7-12-9-10(2)8-11/h10H,1,3-9H2,2H3. The van der Waals surface area contributed by atoms with E-state index in [1.54, 1.807) is 0 Å². The average Bonchev–Trinajstić information content (AvgIpc) is 2.10. The van der Waals surface area contributed by atoms with E-state index in [0.717, 1.165) is 26.1 Å². The number of hydrogen-bond acceptors (Lipinski definition) is 1. The molecule has 0 spiro atoms. The van der Waals surface area contributed by atoms with Crippen molar-refractivity contribution in [3.8, 4) is 0 Å². The van der Waals surface area contributed by atoms with Gasteiger partial charge in [0, 0.05) is 12.5 Å². The van der Waals surface area contributed by atoms with Crippen LogP contribution in [0.3, 0.4) is 0 Å². The fourth-order valence-corrected chi connectivity index (χ4v) is 0.976. The fourth-order valence-electron chi connectivity index (χ4n) is 0.887. The summed E-state index contributed by atoms with van der Waals surface area (Å²) in [6, 6.07) is 0. The van der Waals surface area contributed by atoms with Gasteiger partial charge in [-0.3, -0.25) is 0 Å². The molecule has 0 saturated heterocycles. The lowest BCUT2D eigenvalue weighted by Gasteiger charge is -2.07. The zero-order valence-electron chi connectivity index (χ0n) is 8.02. The van der Waals surface area contributed by atoms with Crippen LogP contribution in [0.5, 0.6) is 0 Å². The summed E-state index contributed by atoms with van der Waals surface area (Å²) >= 11 is 5.63. The molecule has 0 aliphatic heterocycles. The fraction of sp³-hybridized carbons (Fsp3) is 0.900. The van der Waals surface area contributed by atoms with E-state index in [4.69, 9.17) is 16.3 Å². The van der Waals surface area contributed by atoms with Crippen LogP contribution in [0.15, 0.2) is 0 Å². The summed E-state index contributed by atoms with van der Waals surface area (Å²) in [5, 5.41) is 0. The predicted octanol–water partition coefficient (Wildman–Crippen LogP) is 3.27. The molecule has 0 aromatic rings. The summed E-state index contributed by atoms with van der Waals surface area (Å²) in [6.45, 7) is 7.56. The second-order valence-electron chi connectivity index (χ2n) is 3.25. The highest BCUT2D eigenvalue weighted by molar-refractivity contribution is 6.18. The molecule has 0 aliphatic rings. The van der Waals surface area contributed by atoms with Crippen molar-refractivity contribution in [3.63, 3.8) is 0 Å². The molecule has 0 aliphatic carbocycles. The van der Waals surface area contributed by atoms with Crippen LogP contribution in [0.25, 0.3) is 0 Å². The van der Waals surface area contributed by atoms with Crippen molar-refractivity contribution in [3.05, 3.63) is 6.92 Å². The van der Waals surface area contributed by atoms with E-state index < -0.39 is 0 Å². The second-order valence-corrected chi connectivity index (χ2v) is 3.56. The lowest BCUT2D eigenvalue weighted by molar-refractivity contribution is 0.107. The summed E-state index contributed by atoms with van der Waals surface area (Å²) in [7, 11) is 0. The van der Waals surface area contributed by atoms with Crippen LogP contribution < -0.4 is 0 Å². The van der Waals surface area contributed by atoms with Gasteiger partial charge < -0.3 is 4.74 Å². The first kappa shape index (κ1) is 12.2. The Bertz CT molecular complexity index is 85.9. The van der Waals surface area contributed by atoms with Crippen molar-refractivity contribution < 1.29 is 4.74 Å². The van der Waals surface area contributed by atoms with Crippen LogP contribution in [0.1, 0.15) is 32.6 Å². The monoisotopic (exact) mass is 191 g/mol. The van der Waals surface area contributed by atoms with E-state index in [0.29, 0.717) is 11.8 Å². The summed E-state index contributed by atoms with van der Waals surface area (Å²) in [4.78, 5) is 0. The SMILES string of the molecule is [CH2]CCCCCOCC(C)CCl. The molecule has 0 amide bonds. The van der Waals surface area contributed by atoms with Gasteiger partial charge in [-0.2, -0.15) is 0 Å². The molecule has 1 atom stereocenters. The number of unbranched alkanes of at least 4 members (excludes halogenated alkanes) is 3. The van der Waals surface area contributed by atoms with Gasteiger partial charge in [-0.05, 0) is 12.3 Å². The topological polar surface area (TPSA) is 9.23 Å². The van der Waals surface area contributed by atoms with E-state index >= 15 is 0 Å². The first-order valence-corrected chi connectivity index (χ1v) is 5.27. The third-order valence-electron chi connectivity index (χ3n) is 1.70. The normalized spacial score (nSPS) is 13.2. The Labute approximate surface area is 81.4 Å². The van der Waals surface area contributed by atoms with Crippen molar-refractivity contribution in [2.24, 2.45) is 5.92 Å². The Morgan fingerprint density at radius 1 is 1.33 bits per heavy atom. The quantitative estimate of drug-likeness (QED) is 0.423. The maximum absolute atomic E-state index is 5.63. The Morgan fingerprint density at radius 2 is 2.08 bits per heavy atom. The van der Waals surface area contributed by atoms with Crippen LogP contribution in [0.2, 0.25) is 0 Å². The lowest BCUT2D eigenvalue weighted by atomic mass is 10.2. The molecule has 73 valence electrons. The molecule has 0 rings (SSSR count). The Kier molecular flexibility index (Phi) is 9.53. The molecule has 0 N–H and O–H groups in total. The van der Waals surface area contributed by atoms with E-state index in [2.05, 4.69) is 13.8 Å². The van der Waals surface area contributed by atoms with Gasteiger partial charge in [0.15, 0.2) is 0 Å². The minimum atomic E-state index is 0.486. The molecule has 0 aromatic carbocycles. The molecule has 0 bridgehead atoms. The van der Waals surface area contributed by atoms with Crippen molar-refractivity contribution in [2.75, 3.05) is 19.1 Å². The molecular weight excluding hydrogens is 172 g/mol. The molecule has 0 saturated carbocycles. The first-order chi connectivity index (χ1) is 5.81. The minimum Gasteiger partial charge on any atom is -0.381 e. The Hall–Kier alpha value is 0.250. The molecule has 2 heteroatoms. The number of hydrogen-bond donors (Lipinski definition) is 0. The van der Waals surface area contributed by atoms with Gasteiger partial charge >= 0.3 is 0 Å². The van der Waals surface area contributed by atoms with Gasteiger partial charge in [0.05, 0.1) is 6.61 Å². The first-order valence-electron chi connectivity index (χ1n) is 4.74. The van der Waals surface area contributed by atoms with E-state index in [1.165, 1.54) is 12.8 Å². The maximum atomic E-state index is 5.63. The predicted molar refractivity (Wildman–Crippen MR) is 54.5 cm³/mol.